The van der Waals surface area contributed by atoms with Crippen molar-refractivity contribution in [3.05, 3.63) is 96.1 Å². The van der Waals surface area contributed by atoms with Crippen LogP contribution in [0.2, 0.25) is 0 Å². The molecule has 4 rings (SSSR count). The molecule has 0 aliphatic heterocycles. The normalized spacial score (nSPS) is 11.8. The summed E-state index contributed by atoms with van der Waals surface area (Å²) in [5.74, 6) is 0. The second kappa shape index (κ2) is 6.47. The molecular weight excluding hydrogens is 292 g/mol. The third kappa shape index (κ3) is 2.82. The lowest BCUT2D eigenvalue weighted by Gasteiger charge is -2.01. The van der Waals surface area contributed by atoms with Gasteiger partial charge in [-0.2, -0.15) is 10.2 Å². The van der Waals surface area contributed by atoms with Gasteiger partial charge in [-0.15, -0.1) is 0 Å². The highest BCUT2D eigenvalue weighted by Crippen LogP contribution is 2.18. The number of nitrogens with zero attached hydrogens (tertiary/aromatic N) is 2. The second-order valence-corrected chi connectivity index (χ2v) is 5.63. The lowest BCUT2D eigenvalue weighted by atomic mass is 10.1. The van der Waals surface area contributed by atoms with Gasteiger partial charge in [0.2, 0.25) is 0 Å². The van der Waals surface area contributed by atoms with Crippen LogP contribution in [-0.4, -0.2) is 12.4 Å². The zero-order chi connectivity index (χ0) is 16.2. The Morgan fingerprint density at radius 2 is 0.875 bits per heavy atom. The van der Waals surface area contributed by atoms with E-state index in [-0.39, 0.29) is 0 Å². The smallest absolute Gasteiger partial charge is 0.0574 e. The highest BCUT2D eigenvalue weighted by atomic mass is 15.2. The first-order valence-corrected chi connectivity index (χ1v) is 7.94. The van der Waals surface area contributed by atoms with E-state index < -0.39 is 0 Å². The monoisotopic (exact) mass is 308 g/mol. The molecule has 0 unspecified atom stereocenters. The van der Waals surface area contributed by atoms with Crippen LogP contribution in [0.15, 0.2) is 95.1 Å². The molecule has 0 spiro atoms. The molecule has 0 amide bonds. The fourth-order valence-corrected chi connectivity index (χ4v) is 2.92. The molecule has 0 saturated heterocycles. The molecule has 0 saturated carbocycles. The maximum Gasteiger partial charge on any atom is 0.0574 e. The first-order valence-electron chi connectivity index (χ1n) is 7.94. The Morgan fingerprint density at radius 3 is 1.38 bits per heavy atom. The van der Waals surface area contributed by atoms with Gasteiger partial charge in [0.1, 0.15) is 0 Å². The van der Waals surface area contributed by atoms with E-state index in [1.165, 1.54) is 21.5 Å². The average Bonchev–Trinajstić information content (AvgIpc) is 2.65. The summed E-state index contributed by atoms with van der Waals surface area (Å²) in [5.41, 5.74) is 2.14. The number of rotatable bonds is 3. The number of fused-ring (bicyclic) bond motifs is 2. The predicted octanol–water partition coefficient (Wildman–Crippen LogP) is 5.45. The van der Waals surface area contributed by atoms with Crippen molar-refractivity contribution in [2.24, 2.45) is 10.2 Å². The standard InChI is InChI=1S/C22H16N2/c1-3-13-21-17(7-1)9-5-11-19(21)15-23-24-16-20-12-6-10-18-8-2-4-14-22(18)20/h1-16H/b23-15-,24-16-. The van der Waals surface area contributed by atoms with Gasteiger partial charge in [-0.25, -0.2) is 0 Å². The van der Waals surface area contributed by atoms with Gasteiger partial charge < -0.3 is 0 Å². The van der Waals surface area contributed by atoms with E-state index >= 15 is 0 Å². The number of benzene rings is 4. The van der Waals surface area contributed by atoms with E-state index in [1.807, 2.05) is 48.8 Å². The van der Waals surface area contributed by atoms with Crippen molar-refractivity contribution in [3.63, 3.8) is 0 Å². The van der Waals surface area contributed by atoms with Gasteiger partial charge in [0.05, 0.1) is 12.4 Å². The molecule has 4 aromatic rings. The zero-order valence-corrected chi connectivity index (χ0v) is 13.1. The predicted molar refractivity (Wildman–Crippen MR) is 103 cm³/mol. The highest BCUT2D eigenvalue weighted by molar-refractivity contribution is 6.01. The highest BCUT2D eigenvalue weighted by Gasteiger charge is 1.97. The van der Waals surface area contributed by atoms with Crippen LogP contribution in [0, 0.1) is 0 Å². The molecule has 114 valence electrons. The van der Waals surface area contributed by atoms with Crippen LogP contribution in [0.25, 0.3) is 21.5 Å². The van der Waals surface area contributed by atoms with Gasteiger partial charge in [-0.3, -0.25) is 0 Å². The summed E-state index contributed by atoms with van der Waals surface area (Å²) in [6.45, 7) is 0. The van der Waals surface area contributed by atoms with Crippen LogP contribution in [0.5, 0.6) is 0 Å². The second-order valence-electron chi connectivity index (χ2n) is 5.63. The van der Waals surface area contributed by atoms with Gasteiger partial charge in [-0.05, 0) is 21.5 Å². The zero-order valence-electron chi connectivity index (χ0n) is 13.1. The number of hydrogen-bond acceptors (Lipinski definition) is 2. The Kier molecular flexibility index (Phi) is 3.86. The lowest BCUT2D eigenvalue weighted by molar-refractivity contribution is 1.27. The summed E-state index contributed by atoms with van der Waals surface area (Å²) >= 11 is 0. The molecule has 0 radical (unpaired) electrons. The molecule has 2 heteroatoms. The summed E-state index contributed by atoms with van der Waals surface area (Å²) in [6.07, 6.45) is 3.62. The average molecular weight is 308 g/mol. The van der Waals surface area contributed by atoms with Gasteiger partial charge >= 0.3 is 0 Å². The molecule has 2 nitrogen and oxygen atoms in total. The molecule has 24 heavy (non-hydrogen) atoms. The first kappa shape index (κ1) is 14.3. The Hall–Kier alpha value is -3.26. The summed E-state index contributed by atoms with van der Waals surface area (Å²) < 4.78 is 0. The molecule has 0 N–H and O–H groups in total. The first-order chi connectivity index (χ1) is 11.9. The largest absolute Gasteiger partial charge is 0.158 e. The Morgan fingerprint density at radius 1 is 0.458 bits per heavy atom. The van der Waals surface area contributed by atoms with E-state index in [0.717, 1.165) is 11.1 Å². The van der Waals surface area contributed by atoms with E-state index in [2.05, 4.69) is 58.7 Å². The fourth-order valence-electron chi connectivity index (χ4n) is 2.92. The van der Waals surface area contributed by atoms with Crippen LogP contribution in [0.1, 0.15) is 11.1 Å². The van der Waals surface area contributed by atoms with Gasteiger partial charge in [-0.1, -0.05) is 84.9 Å². The van der Waals surface area contributed by atoms with Crippen molar-refractivity contribution in [2.45, 2.75) is 0 Å². The fraction of sp³-hybridized carbons (Fsp3) is 0. The lowest BCUT2D eigenvalue weighted by Crippen LogP contribution is -1.85. The van der Waals surface area contributed by atoms with Crippen LogP contribution < -0.4 is 0 Å². The Labute approximate surface area is 140 Å². The van der Waals surface area contributed by atoms with Crippen molar-refractivity contribution in [1.82, 2.24) is 0 Å². The van der Waals surface area contributed by atoms with Crippen molar-refractivity contribution in [1.29, 1.82) is 0 Å². The molecule has 0 bridgehead atoms. The van der Waals surface area contributed by atoms with Crippen LogP contribution in [-0.2, 0) is 0 Å². The Bertz CT molecular complexity index is 964. The van der Waals surface area contributed by atoms with E-state index in [9.17, 15) is 0 Å². The van der Waals surface area contributed by atoms with Crippen LogP contribution in [0.3, 0.4) is 0 Å². The molecule has 0 aromatic heterocycles. The summed E-state index contributed by atoms with van der Waals surface area (Å²) in [4.78, 5) is 0. The number of hydrogen-bond donors (Lipinski definition) is 0. The minimum absolute atomic E-state index is 1.07. The minimum Gasteiger partial charge on any atom is -0.158 e. The molecule has 0 heterocycles. The minimum atomic E-state index is 1.07. The van der Waals surface area contributed by atoms with Crippen LogP contribution >= 0.6 is 0 Å². The quantitative estimate of drug-likeness (QED) is 0.355. The van der Waals surface area contributed by atoms with Crippen LogP contribution in [0.4, 0.5) is 0 Å². The molecule has 0 atom stereocenters. The third-order valence-corrected chi connectivity index (χ3v) is 4.11. The summed E-state index contributed by atoms with van der Waals surface area (Å²) in [7, 11) is 0. The topological polar surface area (TPSA) is 24.7 Å². The van der Waals surface area contributed by atoms with E-state index in [4.69, 9.17) is 0 Å². The van der Waals surface area contributed by atoms with Crippen molar-refractivity contribution in [3.8, 4) is 0 Å². The van der Waals surface area contributed by atoms with E-state index in [0.29, 0.717) is 0 Å². The molecule has 0 aliphatic carbocycles. The van der Waals surface area contributed by atoms with Crippen molar-refractivity contribution >= 4 is 34.0 Å². The maximum atomic E-state index is 4.24. The molecular formula is C22H16N2. The Balaban J connectivity index is 1.64. The van der Waals surface area contributed by atoms with Gasteiger partial charge in [0.15, 0.2) is 0 Å². The van der Waals surface area contributed by atoms with Crippen molar-refractivity contribution in [2.75, 3.05) is 0 Å². The molecule has 4 aromatic carbocycles. The SMILES string of the molecule is C(=N/N=C\c1cccc2ccccc12)/c1cccc2ccccc12. The maximum absolute atomic E-state index is 4.24. The van der Waals surface area contributed by atoms with Gasteiger partial charge in [0, 0.05) is 11.1 Å². The summed E-state index contributed by atoms with van der Waals surface area (Å²) in [6, 6.07) is 29.0. The summed E-state index contributed by atoms with van der Waals surface area (Å²) in [5, 5.41) is 13.3. The third-order valence-electron chi connectivity index (χ3n) is 4.11. The molecule has 0 fully saturated rings. The van der Waals surface area contributed by atoms with Crippen molar-refractivity contribution < 1.29 is 0 Å². The van der Waals surface area contributed by atoms with Gasteiger partial charge in [0.25, 0.3) is 0 Å². The molecule has 0 aliphatic rings. The van der Waals surface area contributed by atoms with E-state index in [1.54, 1.807) is 0 Å².